The smallest absolute Gasteiger partial charge is 0.278 e. The fourth-order valence-electron chi connectivity index (χ4n) is 1.91. The van der Waals surface area contributed by atoms with Gasteiger partial charge in [-0.15, -0.1) is 10.2 Å². The molecule has 7 heteroatoms. The summed E-state index contributed by atoms with van der Waals surface area (Å²) < 4.78 is 0. The Kier molecular flexibility index (Phi) is 3.42. The van der Waals surface area contributed by atoms with Gasteiger partial charge in [0.1, 0.15) is 5.01 Å². The molecule has 2 heterocycles. The number of nitrogens with one attached hydrogen (secondary N) is 2. The van der Waals surface area contributed by atoms with Crippen LogP contribution in [0.2, 0.25) is 0 Å². The van der Waals surface area contributed by atoms with Crippen molar-refractivity contribution in [2.24, 2.45) is 0 Å². The minimum Gasteiger partial charge on any atom is -0.295 e. The molecule has 1 aromatic carbocycles. The third-order valence-electron chi connectivity index (χ3n) is 2.84. The zero-order valence-electron chi connectivity index (χ0n) is 10.9. The van der Waals surface area contributed by atoms with Crippen molar-refractivity contribution in [3.05, 3.63) is 35.0 Å². The molecule has 0 saturated carbocycles. The van der Waals surface area contributed by atoms with Crippen LogP contribution in [0.15, 0.2) is 24.3 Å². The Balaban J connectivity index is 1.81. The summed E-state index contributed by atoms with van der Waals surface area (Å²) in [5.74, 6) is -0.276. The van der Waals surface area contributed by atoms with E-state index in [4.69, 9.17) is 0 Å². The number of carbonyl (C=O) groups excluding carboxylic acids is 1. The largest absolute Gasteiger partial charge is 0.295 e. The Morgan fingerprint density at radius 3 is 3.05 bits per heavy atom. The van der Waals surface area contributed by atoms with Crippen LogP contribution in [0.1, 0.15) is 28.8 Å². The van der Waals surface area contributed by atoms with E-state index in [2.05, 4.69) is 32.6 Å². The predicted octanol–water partition coefficient (Wildman–Crippen LogP) is 2.62. The number of nitrogens with zero attached hydrogens (tertiary/aromatic N) is 3. The molecule has 0 radical (unpaired) electrons. The minimum atomic E-state index is -0.276. The molecule has 2 N–H and O–H groups in total. The number of hydrogen-bond acceptors (Lipinski definition) is 5. The lowest BCUT2D eigenvalue weighted by Crippen LogP contribution is -2.12. The van der Waals surface area contributed by atoms with Gasteiger partial charge in [0, 0.05) is 11.8 Å². The van der Waals surface area contributed by atoms with E-state index in [0.717, 1.165) is 28.8 Å². The maximum Gasteiger partial charge on any atom is 0.278 e. The lowest BCUT2D eigenvalue weighted by Gasteiger charge is -1.97. The van der Waals surface area contributed by atoms with Gasteiger partial charge in [0.05, 0.1) is 5.52 Å². The molecule has 0 bridgehead atoms. The molecule has 102 valence electrons. The Labute approximate surface area is 119 Å². The number of H-pyrrole nitrogens is 1. The summed E-state index contributed by atoms with van der Waals surface area (Å²) in [5, 5.41) is 19.8. The van der Waals surface area contributed by atoms with E-state index in [1.54, 1.807) is 0 Å². The number of rotatable bonds is 4. The second kappa shape index (κ2) is 5.38. The van der Waals surface area contributed by atoms with E-state index in [9.17, 15) is 4.79 Å². The number of para-hydroxylation sites is 1. The average molecular weight is 287 g/mol. The first-order valence-electron chi connectivity index (χ1n) is 6.34. The van der Waals surface area contributed by atoms with Crippen LogP contribution in [-0.2, 0) is 6.42 Å². The maximum atomic E-state index is 12.2. The highest BCUT2D eigenvalue weighted by Gasteiger charge is 2.15. The number of hydrogen-bond donors (Lipinski definition) is 2. The average Bonchev–Trinajstić information content (AvgIpc) is 3.06. The van der Waals surface area contributed by atoms with Gasteiger partial charge in [0.15, 0.2) is 5.69 Å². The van der Waals surface area contributed by atoms with E-state index < -0.39 is 0 Å². The van der Waals surface area contributed by atoms with Crippen molar-refractivity contribution in [1.82, 2.24) is 20.4 Å². The Morgan fingerprint density at radius 1 is 1.35 bits per heavy atom. The number of aryl methyl sites for hydroxylation is 1. The third-order valence-corrected chi connectivity index (χ3v) is 3.74. The Bertz CT molecular complexity index is 748. The molecule has 0 saturated heterocycles. The molecule has 3 rings (SSSR count). The summed E-state index contributed by atoms with van der Waals surface area (Å²) >= 11 is 1.40. The molecule has 6 nitrogen and oxygen atoms in total. The first-order chi connectivity index (χ1) is 9.78. The molecular formula is C13H13N5OS. The zero-order valence-corrected chi connectivity index (χ0v) is 11.7. The van der Waals surface area contributed by atoms with Crippen LogP contribution in [0.25, 0.3) is 10.9 Å². The van der Waals surface area contributed by atoms with Gasteiger partial charge in [-0.25, -0.2) is 0 Å². The van der Waals surface area contributed by atoms with Crippen LogP contribution >= 0.6 is 11.3 Å². The van der Waals surface area contributed by atoms with Gasteiger partial charge in [-0.2, -0.15) is 5.10 Å². The standard InChI is InChI=1S/C13H13N5OS/c1-2-5-10-16-18-13(20-10)14-12(19)11-8-6-3-4-7-9(8)15-17-11/h3-4,6-7H,2,5H2,1H3,(H,15,17)(H,14,18,19). The highest BCUT2D eigenvalue weighted by molar-refractivity contribution is 7.15. The molecule has 0 aliphatic heterocycles. The monoisotopic (exact) mass is 287 g/mol. The first kappa shape index (κ1) is 12.7. The van der Waals surface area contributed by atoms with Gasteiger partial charge in [-0.1, -0.05) is 36.5 Å². The molecule has 0 atom stereocenters. The predicted molar refractivity (Wildman–Crippen MR) is 78.0 cm³/mol. The molecule has 20 heavy (non-hydrogen) atoms. The Morgan fingerprint density at radius 2 is 2.20 bits per heavy atom. The van der Waals surface area contributed by atoms with Crippen molar-refractivity contribution in [2.45, 2.75) is 19.8 Å². The third kappa shape index (κ3) is 2.39. The number of aromatic nitrogens is 4. The summed E-state index contributed by atoms with van der Waals surface area (Å²) in [6.07, 6.45) is 1.88. The van der Waals surface area contributed by atoms with E-state index in [-0.39, 0.29) is 5.91 Å². The fourth-order valence-corrected chi connectivity index (χ4v) is 2.75. The van der Waals surface area contributed by atoms with E-state index in [1.165, 1.54) is 11.3 Å². The van der Waals surface area contributed by atoms with Gasteiger partial charge < -0.3 is 0 Å². The molecule has 2 aromatic heterocycles. The van der Waals surface area contributed by atoms with Crippen molar-refractivity contribution < 1.29 is 4.79 Å². The van der Waals surface area contributed by atoms with Crippen molar-refractivity contribution in [2.75, 3.05) is 5.32 Å². The van der Waals surface area contributed by atoms with Gasteiger partial charge in [-0.3, -0.25) is 15.2 Å². The first-order valence-corrected chi connectivity index (χ1v) is 7.16. The number of fused-ring (bicyclic) bond motifs is 1. The molecular weight excluding hydrogens is 274 g/mol. The molecule has 3 aromatic rings. The molecule has 0 aliphatic carbocycles. The van der Waals surface area contributed by atoms with Crippen LogP contribution in [-0.4, -0.2) is 26.3 Å². The topological polar surface area (TPSA) is 83.6 Å². The minimum absolute atomic E-state index is 0.276. The van der Waals surface area contributed by atoms with Crippen LogP contribution in [0, 0.1) is 0 Å². The number of benzene rings is 1. The van der Waals surface area contributed by atoms with E-state index in [1.807, 2.05) is 24.3 Å². The molecule has 0 fully saturated rings. The van der Waals surface area contributed by atoms with E-state index in [0.29, 0.717) is 10.8 Å². The highest BCUT2D eigenvalue weighted by Crippen LogP contribution is 2.19. The van der Waals surface area contributed by atoms with Gasteiger partial charge in [0.2, 0.25) is 5.13 Å². The molecule has 0 aliphatic rings. The summed E-state index contributed by atoms with van der Waals surface area (Å²) in [6, 6.07) is 7.50. The summed E-state index contributed by atoms with van der Waals surface area (Å²) in [4.78, 5) is 12.2. The van der Waals surface area contributed by atoms with Crippen LogP contribution in [0.4, 0.5) is 5.13 Å². The van der Waals surface area contributed by atoms with Crippen molar-refractivity contribution in [1.29, 1.82) is 0 Å². The quantitative estimate of drug-likeness (QED) is 0.772. The second-order valence-electron chi connectivity index (χ2n) is 4.32. The summed E-state index contributed by atoms with van der Waals surface area (Å²) in [6.45, 7) is 2.08. The van der Waals surface area contributed by atoms with Crippen LogP contribution < -0.4 is 5.32 Å². The lowest BCUT2D eigenvalue weighted by molar-refractivity contribution is 0.102. The van der Waals surface area contributed by atoms with Gasteiger partial charge in [0.25, 0.3) is 5.91 Å². The zero-order chi connectivity index (χ0) is 13.9. The SMILES string of the molecule is CCCc1nnc(NC(=O)c2n[nH]c3ccccc23)s1. The lowest BCUT2D eigenvalue weighted by atomic mass is 10.2. The second-order valence-corrected chi connectivity index (χ2v) is 5.38. The fraction of sp³-hybridized carbons (Fsp3) is 0.231. The van der Waals surface area contributed by atoms with Gasteiger partial charge in [-0.05, 0) is 12.5 Å². The van der Waals surface area contributed by atoms with Crippen molar-refractivity contribution in [3.63, 3.8) is 0 Å². The normalized spacial score (nSPS) is 10.8. The van der Waals surface area contributed by atoms with Crippen molar-refractivity contribution in [3.8, 4) is 0 Å². The molecule has 0 unspecified atom stereocenters. The number of anilines is 1. The molecule has 0 spiro atoms. The number of aromatic amines is 1. The van der Waals surface area contributed by atoms with Crippen LogP contribution in [0.5, 0.6) is 0 Å². The summed E-state index contributed by atoms with van der Waals surface area (Å²) in [7, 11) is 0. The highest BCUT2D eigenvalue weighted by atomic mass is 32.1. The number of amides is 1. The van der Waals surface area contributed by atoms with E-state index >= 15 is 0 Å². The van der Waals surface area contributed by atoms with Crippen molar-refractivity contribution >= 4 is 33.3 Å². The van der Waals surface area contributed by atoms with Gasteiger partial charge >= 0.3 is 0 Å². The maximum absolute atomic E-state index is 12.2. The summed E-state index contributed by atoms with van der Waals surface area (Å²) in [5.41, 5.74) is 1.20. The van der Waals surface area contributed by atoms with Crippen LogP contribution in [0.3, 0.4) is 0 Å². The molecule has 1 amide bonds. The number of carbonyl (C=O) groups is 1. The Hall–Kier alpha value is -2.28.